The molecule has 0 aliphatic heterocycles. The van der Waals surface area contributed by atoms with Gasteiger partial charge in [0.25, 0.3) is 0 Å². The fraction of sp³-hybridized carbons (Fsp3) is 0.500. The van der Waals surface area contributed by atoms with Gasteiger partial charge in [-0.25, -0.2) is 4.39 Å². The Kier molecular flexibility index (Phi) is 3.03. The van der Waals surface area contributed by atoms with E-state index in [0.29, 0.717) is 12.5 Å². The lowest BCUT2D eigenvalue weighted by Crippen LogP contribution is -2.20. The molecule has 1 aromatic carbocycles. The Balaban J connectivity index is 2.12. The Labute approximate surface area is 94.2 Å². The normalized spacial score (nSPS) is 29.1. The molecule has 1 fully saturated rings. The van der Waals surface area contributed by atoms with E-state index in [4.69, 9.17) is 5.73 Å². The summed E-state index contributed by atoms with van der Waals surface area (Å²) in [5.74, 6) is 0.532. The van der Waals surface area contributed by atoms with Crippen LogP contribution in [0.15, 0.2) is 29.2 Å². The Bertz CT molecular complexity index is 355. The van der Waals surface area contributed by atoms with Crippen molar-refractivity contribution in [2.24, 2.45) is 11.7 Å². The van der Waals surface area contributed by atoms with Gasteiger partial charge in [-0.15, -0.1) is 11.8 Å². The molecule has 15 heavy (non-hydrogen) atoms. The topological polar surface area (TPSA) is 26.0 Å². The van der Waals surface area contributed by atoms with Crippen molar-refractivity contribution in [2.45, 2.75) is 29.4 Å². The number of rotatable bonds is 4. The zero-order valence-electron chi connectivity index (χ0n) is 8.87. The summed E-state index contributed by atoms with van der Waals surface area (Å²) in [6.45, 7) is 2.81. The van der Waals surface area contributed by atoms with E-state index in [0.717, 1.165) is 17.7 Å². The van der Waals surface area contributed by atoms with Gasteiger partial charge in [0.15, 0.2) is 0 Å². The summed E-state index contributed by atoms with van der Waals surface area (Å²) in [5, 5.41) is 0. The molecule has 0 aromatic heterocycles. The van der Waals surface area contributed by atoms with Crippen LogP contribution in [0.1, 0.15) is 19.8 Å². The van der Waals surface area contributed by atoms with Gasteiger partial charge in [-0.3, -0.25) is 0 Å². The number of thioether (sulfide) groups is 1. The Hall–Kier alpha value is -0.540. The molecule has 2 atom stereocenters. The molecule has 2 N–H and O–H groups in total. The molecule has 0 spiro atoms. The molecule has 2 unspecified atom stereocenters. The van der Waals surface area contributed by atoms with Gasteiger partial charge < -0.3 is 5.73 Å². The summed E-state index contributed by atoms with van der Waals surface area (Å²) in [6.07, 6.45) is 2.26. The summed E-state index contributed by atoms with van der Waals surface area (Å²) in [6, 6.07) is 6.94. The number of halogens is 1. The molecule has 1 saturated carbocycles. The molecule has 0 heterocycles. The van der Waals surface area contributed by atoms with Crippen LogP contribution in [0.4, 0.5) is 4.39 Å². The predicted molar refractivity (Wildman–Crippen MR) is 62.4 cm³/mol. The second-order valence-corrected chi connectivity index (χ2v) is 5.57. The molecule has 0 radical (unpaired) electrons. The standard InChI is InChI=1S/C12H16FNS/c1-2-9-7-12(9,8-14)15-11-6-4-3-5-10(11)13/h3-6,9H,2,7-8,14H2,1H3. The highest BCUT2D eigenvalue weighted by molar-refractivity contribution is 8.01. The summed E-state index contributed by atoms with van der Waals surface area (Å²) < 4.78 is 13.6. The van der Waals surface area contributed by atoms with Gasteiger partial charge in [-0.1, -0.05) is 25.5 Å². The monoisotopic (exact) mass is 225 g/mol. The number of nitrogens with two attached hydrogens (primary N) is 1. The molecule has 1 aliphatic carbocycles. The van der Waals surface area contributed by atoms with Crippen molar-refractivity contribution < 1.29 is 4.39 Å². The second-order valence-electron chi connectivity index (χ2n) is 4.11. The lowest BCUT2D eigenvalue weighted by atomic mass is 10.2. The smallest absolute Gasteiger partial charge is 0.136 e. The van der Waals surface area contributed by atoms with E-state index in [9.17, 15) is 4.39 Å². The van der Waals surface area contributed by atoms with Crippen LogP contribution < -0.4 is 5.73 Å². The summed E-state index contributed by atoms with van der Waals surface area (Å²) >= 11 is 1.62. The zero-order chi connectivity index (χ0) is 10.9. The van der Waals surface area contributed by atoms with Crippen LogP contribution in [0.5, 0.6) is 0 Å². The van der Waals surface area contributed by atoms with Crippen molar-refractivity contribution in [1.29, 1.82) is 0 Å². The first kappa shape index (κ1) is 11.0. The molecule has 3 heteroatoms. The van der Waals surface area contributed by atoms with Crippen molar-refractivity contribution in [3.8, 4) is 0 Å². The first-order valence-corrected chi connectivity index (χ1v) is 6.17. The maximum absolute atomic E-state index is 13.5. The van der Waals surface area contributed by atoms with Crippen molar-refractivity contribution in [3.05, 3.63) is 30.1 Å². The molecule has 0 bridgehead atoms. The van der Waals surface area contributed by atoms with E-state index in [2.05, 4.69) is 6.92 Å². The van der Waals surface area contributed by atoms with Crippen LogP contribution in [0.25, 0.3) is 0 Å². The van der Waals surface area contributed by atoms with Crippen LogP contribution in [0.2, 0.25) is 0 Å². The highest BCUT2D eigenvalue weighted by Gasteiger charge is 2.52. The molecule has 0 saturated heterocycles. The highest BCUT2D eigenvalue weighted by Crippen LogP contribution is 2.57. The van der Waals surface area contributed by atoms with Crippen LogP contribution in [-0.4, -0.2) is 11.3 Å². The first-order valence-electron chi connectivity index (χ1n) is 5.35. The minimum atomic E-state index is -0.128. The van der Waals surface area contributed by atoms with Crippen LogP contribution >= 0.6 is 11.8 Å². The molecule has 1 nitrogen and oxygen atoms in total. The summed E-state index contributed by atoms with van der Waals surface area (Å²) in [7, 11) is 0. The van der Waals surface area contributed by atoms with Gasteiger partial charge in [0.05, 0.1) is 0 Å². The van der Waals surface area contributed by atoms with Crippen LogP contribution in [0.3, 0.4) is 0 Å². The third-order valence-electron chi connectivity index (χ3n) is 3.16. The number of benzene rings is 1. The lowest BCUT2D eigenvalue weighted by Gasteiger charge is -2.14. The van der Waals surface area contributed by atoms with Gasteiger partial charge in [0, 0.05) is 16.2 Å². The van der Waals surface area contributed by atoms with E-state index in [-0.39, 0.29) is 10.6 Å². The molecule has 2 rings (SSSR count). The minimum Gasteiger partial charge on any atom is -0.329 e. The number of hydrogen-bond acceptors (Lipinski definition) is 2. The summed E-state index contributed by atoms with van der Waals surface area (Å²) in [4.78, 5) is 0.735. The van der Waals surface area contributed by atoms with Gasteiger partial charge in [-0.2, -0.15) is 0 Å². The van der Waals surface area contributed by atoms with Gasteiger partial charge in [-0.05, 0) is 24.5 Å². The Morgan fingerprint density at radius 1 is 1.53 bits per heavy atom. The second kappa shape index (κ2) is 4.14. The number of hydrogen-bond donors (Lipinski definition) is 1. The summed E-state index contributed by atoms with van der Waals surface area (Å²) in [5.41, 5.74) is 5.79. The molecule has 1 aliphatic rings. The largest absolute Gasteiger partial charge is 0.329 e. The highest BCUT2D eigenvalue weighted by atomic mass is 32.2. The van der Waals surface area contributed by atoms with Crippen molar-refractivity contribution in [2.75, 3.05) is 6.54 Å². The van der Waals surface area contributed by atoms with Crippen molar-refractivity contribution >= 4 is 11.8 Å². The third-order valence-corrected chi connectivity index (χ3v) is 4.79. The van der Waals surface area contributed by atoms with Crippen molar-refractivity contribution in [3.63, 3.8) is 0 Å². The minimum absolute atomic E-state index is 0.108. The molecular formula is C12H16FNS. The maximum Gasteiger partial charge on any atom is 0.136 e. The predicted octanol–water partition coefficient (Wildman–Crippen LogP) is 3.05. The van der Waals surface area contributed by atoms with E-state index < -0.39 is 0 Å². The molecular weight excluding hydrogens is 209 g/mol. The van der Waals surface area contributed by atoms with E-state index in [1.165, 1.54) is 6.07 Å². The van der Waals surface area contributed by atoms with Crippen LogP contribution in [-0.2, 0) is 0 Å². The Morgan fingerprint density at radius 3 is 2.80 bits per heavy atom. The van der Waals surface area contributed by atoms with E-state index in [1.54, 1.807) is 17.8 Å². The van der Waals surface area contributed by atoms with Gasteiger partial charge >= 0.3 is 0 Å². The van der Waals surface area contributed by atoms with Gasteiger partial charge in [0.1, 0.15) is 5.82 Å². The molecule has 0 amide bonds. The first-order chi connectivity index (χ1) is 7.22. The Morgan fingerprint density at radius 2 is 2.27 bits per heavy atom. The quantitative estimate of drug-likeness (QED) is 0.852. The zero-order valence-corrected chi connectivity index (χ0v) is 9.69. The maximum atomic E-state index is 13.5. The van der Waals surface area contributed by atoms with E-state index in [1.807, 2.05) is 12.1 Å². The van der Waals surface area contributed by atoms with Gasteiger partial charge in [0.2, 0.25) is 0 Å². The average molecular weight is 225 g/mol. The molecule has 1 aromatic rings. The molecule has 82 valence electrons. The SMILES string of the molecule is CCC1CC1(CN)Sc1ccccc1F. The van der Waals surface area contributed by atoms with E-state index >= 15 is 0 Å². The lowest BCUT2D eigenvalue weighted by molar-refractivity contribution is 0.600. The third kappa shape index (κ3) is 2.04. The average Bonchev–Trinajstić information content (AvgIpc) is 2.96. The van der Waals surface area contributed by atoms with Crippen molar-refractivity contribution in [1.82, 2.24) is 0 Å². The fourth-order valence-electron chi connectivity index (χ4n) is 2.04. The fourth-order valence-corrected chi connectivity index (χ4v) is 3.49. The van der Waals surface area contributed by atoms with Crippen LogP contribution in [0, 0.1) is 11.7 Å².